The van der Waals surface area contributed by atoms with Crippen LogP contribution in [0, 0.1) is 5.82 Å². The minimum Gasteiger partial charge on any atom is -0.326 e. The van der Waals surface area contributed by atoms with Gasteiger partial charge in [-0.2, -0.15) is 0 Å². The second-order valence-corrected chi connectivity index (χ2v) is 7.23. The molecule has 2 saturated heterocycles. The van der Waals surface area contributed by atoms with Gasteiger partial charge in [0.2, 0.25) is 0 Å². The van der Waals surface area contributed by atoms with E-state index in [0.29, 0.717) is 0 Å². The van der Waals surface area contributed by atoms with Gasteiger partial charge in [-0.05, 0) is 47.2 Å². The van der Waals surface area contributed by atoms with E-state index in [9.17, 15) is 9.18 Å². The molecule has 0 N–H and O–H groups in total. The van der Waals surface area contributed by atoms with Gasteiger partial charge in [0, 0.05) is 19.5 Å². The zero-order chi connectivity index (χ0) is 16.4. The molecule has 2 aromatic rings. The van der Waals surface area contributed by atoms with Crippen LogP contribution in [0.2, 0.25) is 0 Å². The first-order chi connectivity index (χ1) is 11.6. The van der Waals surface area contributed by atoms with Crippen LogP contribution in [0.5, 0.6) is 0 Å². The first-order valence-corrected chi connectivity index (χ1v) is 8.53. The van der Waals surface area contributed by atoms with Gasteiger partial charge in [-0.15, -0.1) is 0 Å². The number of fused-ring (bicyclic) bond motifs is 7. The van der Waals surface area contributed by atoms with Crippen LogP contribution in [0.1, 0.15) is 40.6 Å². The van der Waals surface area contributed by atoms with Gasteiger partial charge in [-0.1, -0.05) is 30.3 Å². The van der Waals surface area contributed by atoms with Crippen molar-refractivity contribution in [2.45, 2.75) is 30.8 Å². The van der Waals surface area contributed by atoms with Gasteiger partial charge < -0.3 is 9.80 Å². The Morgan fingerprint density at radius 2 is 1.88 bits per heavy atom. The molecule has 2 aliphatic heterocycles. The predicted octanol–water partition coefficient (Wildman–Crippen LogP) is 3.69. The average Bonchev–Trinajstić information content (AvgIpc) is 3.02. The summed E-state index contributed by atoms with van der Waals surface area (Å²) in [5.41, 5.74) is 4.76. The molecule has 0 spiro atoms. The van der Waals surface area contributed by atoms with Crippen molar-refractivity contribution < 1.29 is 9.18 Å². The van der Waals surface area contributed by atoms with E-state index in [1.165, 1.54) is 17.2 Å². The number of nitrogens with zero attached hydrogens (tertiary/aromatic N) is 2. The molecule has 0 radical (unpaired) electrons. The second-order valence-electron chi connectivity index (χ2n) is 7.23. The lowest BCUT2D eigenvalue weighted by Gasteiger charge is -2.28. The minimum absolute atomic E-state index is 0.0539. The van der Waals surface area contributed by atoms with Crippen LogP contribution in [-0.4, -0.2) is 35.5 Å². The van der Waals surface area contributed by atoms with Crippen LogP contribution < -0.4 is 0 Å². The van der Waals surface area contributed by atoms with Gasteiger partial charge in [0.25, 0.3) is 0 Å². The predicted molar refractivity (Wildman–Crippen MR) is 89.4 cm³/mol. The number of hydrogen-bond donors (Lipinski definition) is 0. The highest BCUT2D eigenvalue weighted by atomic mass is 19.1. The first kappa shape index (κ1) is 14.0. The SMILES string of the molecule is CN1C[C@@H]2C[C@@H]3c4ccccc4Cc4ccc(F)cc4[C@H]3N2C1=O. The van der Waals surface area contributed by atoms with Crippen molar-refractivity contribution >= 4 is 6.03 Å². The van der Waals surface area contributed by atoms with Gasteiger partial charge in [0.1, 0.15) is 5.82 Å². The Kier molecular flexibility index (Phi) is 2.82. The summed E-state index contributed by atoms with van der Waals surface area (Å²) >= 11 is 0. The molecule has 5 rings (SSSR count). The largest absolute Gasteiger partial charge is 0.326 e. The number of urea groups is 1. The molecule has 1 aliphatic carbocycles. The van der Waals surface area contributed by atoms with Crippen molar-refractivity contribution in [1.82, 2.24) is 9.80 Å². The van der Waals surface area contributed by atoms with E-state index in [2.05, 4.69) is 24.3 Å². The van der Waals surface area contributed by atoms with Crippen molar-refractivity contribution in [3.8, 4) is 0 Å². The fourth-order valence-electron chi connectivity index (χ4n) is 4.91. The topological polar surface area (TPSA) is 23.6 Å². The van der Waals surface area contributed by atoms with Crippen molar-refractivity contribution in [2.24, 2.45) is 0 Å². The number of likely N-dealkylation sites (N-methyl/N-ethyl adjacent to an activating group) is 1. The van der Waals surface area contributed by atoms with E-state index < -0.39 is 0 Å². The molecule has 24 heavy (non-hydrogen) atoms. The third kappa shape index (κ3) is 1.80. The van der Waals surface area contributed by atoms with E-state index in [0.717, 1.165) is 30.5 Å². The summed E-state index contributed by atoms with van der Waals surface area (Å²) in [5.74, 6) is 0.0359. The number of halogens is 1. The highest BCUT2D eigenvalue weighted by Crippen LogP contribution is 2.52. The zero-order valence-corrected chi connectivity index (χ0v) is 13.6. The smallest absolute Gasteiger partial charge is 0.320 e. The highest BCUT2D eigenvalue weighted by Gasteiger charge is 2.51. The summed E-state index contributed by atoms with van der Waals surface area (Å²) < 4.78 is 14.0. The Hall–Kier alpha value is -2.36. The molecule has 122 valence electrons. The van der Waals surface area contributed by atoms with Crippen LogP contribution in [0.25, 0.3) is 0 Å². The number of amides is 2. The third-order valence-electron chi connectivity index (χ3n) is 5.89. The maximum absolute atomic E-state index is 14.0. The van der Waals surface area contributed by atoms with Crippen molar-refractivity contribution in [1.29, 1.82) is 0 Å². The molecule has 2 fully saturated rings. The third-order valence-corrected chi connectivity index (χ3v) is 5.89. The molecule has 0 bridgehead atoms. The quantitative estimate of drug-likeness (QED) is 0.725. The Morgan fingerprint density at radius 3 is 2.75 bits per heavy atom. The zero-order valence-electron chi connectivity index (χ0n) is 13.6. The van der Waals surface area contributed by atoms with Crippen LogP contribution >= 0.6 is 0 Å². The van der Waals surface area contributed by atoms with Gasteiger partial charge in [-0.25, -0.2) is 9.18 Å². The summed E-state index contributed by atoms with van der Waals surface area (Å²) in [6.45, 7) is 0.763. The fraction of sp³-hybridized carbons (Fsp3) is 0.350. The molecule has 4 heteroatoms. The molecule has 3 atom stereocenters. The molecular formula is C20H19FN2O. The molecule has 3 aliphatic rings. The van der Waals surface area contributed by atoms with Crippen LogP contribution in [0.4, 0.5) is 9.18 Å². The van der Waals surface area contributed by atoms with Gasteiger partial charge in [-0.3, -0.25) is 0 Å². The number of carbonyl (C=O) groups is 1. The first-order valence-electron chi connectivity index (χ1n) is 8.53. The standard InChI is InChI=1S/C20H19FN2O/c1-22-11-15-10-18-16-5-3-2-4-12(16)8-13-6-7-14(21)9-17(13)19(18)23(15)20(22)24/h2-7,9,15,18-19H,8,10-11H2,1H3/t15-,18+,19+/m0/s1. The highest BCUT2D eigenvalue weighted by molar-refractivity contribution is 5.78. The number of hydrogen-bond acceptors (Lipinski definition) is 1. The molecule has 0 unspecified atom stereocenters. The minimum atomic E-state index is -0.220. The van der Waals surface area contributed by atoms with Crippen molar-refractivity contribution in [2.75, 3.05) is 13.6 Å². The fourth-order valence-corrected chi connectivity index (χ4v) is 4.91. The summed E-state index contributed by atoms with van der Waals surface area (Å²) in [5, 5.41) is 0. The van der Waals surface area contributed by atoms with Gasteiger partial charge in [0.05, 0.1) is 12.1 Å². The van der Waals surface area contributed by atoms with E-state index in [1.54, 1.807) is 11.0 Å². The lowest BCUT2D eigenvalue weighted by atomic mass is 9.86. The van der Waals surface area contributed by atoms with E-state index in [4.69, 9.17) is 0 Å². The Bertz CT molecular complexity index is 849. The van der Waals surface area contributed by atoms with Gasteiger partial charge in [0.15, 0.2) is 0 Å². The lowest BCUT2D eigenvalue weighted by molar-refractivity contribution is 0.182. The van der Waals surface area contributed by atoms with Crippen molar-refractivity contribution in [3.05, 3.63) is 70.5 Å². The van der Waals surface area contributed by atoms with Crippen LogP contribution in [0.3, 0.4) is 0 Å². The molecule has 2 amide bonds. The normalized spacial score (nSPS) is 27.4. The van der Waals surface area contributed by atoms with Crippen molar-refractivity contribution in [3.63, 3.8) is 0 Å². The number of carbonyl (C=O) groups excluding carboxylic acids is 1. The molecular weight excluding hydrogens is 303 g/mol. The molecule has 0 saturated carbocycles. The van der Waals surface area contributed by atoms with E-state index in [-0.39, 0.29) is 29.8 Å². The monoisotopic (exact) mass is 322 g/mol. The Morgan fingerprint density at radius 1 is 1.08 bits per heavy atom. The molecule has 2 heterocycles. The Labute approximate surface area is 140 Å². The van der Waals surface area contributed by atoms with Crippen LogP contribution in [-0.2, 0) is 6.42 Å². The van der Waals surface area contributed by atoms with Crippen LogP contribution in [0.15, 0.2) is 42.5 Å². The second kappa shape index (κ2) is 4.82. The van der Waals surface area contributed by atoms with E-state index in [1.807, 2.05) is 18.0 Å². The summed E-state index contributed by atoms with van der Waals surface area (Å²) in [6, 6.07) is 13.8. The number of benzene rings is 2. The molecule has 0 aromatic heterocycles. The maximum Gasteiger partial charge on any atom is 0.320 e. The summed E-state index contributed by atoms with van der Waals surface area (Å²) in [4.78, 5) is 16.5. The maximum atomic E-state index is 14.0. The average molecular weight is 322 g/mol. The lowest BCUT2D eigenvalue weighted by Crippen LogP contribution is -2.33. The summed E-state index contributed by atoms with van der Waals surface area (Å²) in [6.07, 6.45) is 1.76. The molecule has 2 aromatic carbocycles. The molecule has 3 nitrogen and oxygen atoms in total. The van der Waals surface area contributed by atoms with E-state index >= 15 is 0 Å². The number of rotatable bonds is 0. The van der Waals surface area contributed by atoms with Gasteiger partial charge >= 0.3 is 6.03 Å². The summed E-state index contributed by atoms with van der Waals surface area (Å²) in [7, 11) is 1.85. The Balaban J connectivity index is 1.74.